The minimum atomic E-state index is 0.348. The number of hydrogen-bond acceptors (Lipinski definition) is 2. The molecule has 58 heavy (non-hydrogen) atoms. The van der Waals surface area contributed by atoms with Crippen LogP contribution in [-0.4, -0.2) is 0 Å². The molecule has 10 aromatic rings. The van der Waals surface area contributed by atoms with Crippen LogP contribution in [0, 0.1) is 0 Å². The molecule has 0 saturated carbocycles. The first-order valence-electron chi connectivity index (χ1n) is 20.3. The molecule has 2 heteroatoms. The molecule has 0 N–H and O–H groups in total. The molecule has 2 unspecified atom stereocenters. The smallest absolute Gasteiger partial charge is 0.135 e. The Morgan fingerprint density at radius 1 is 0.448 bits per heavy atom. The van der Waals surface area contributed by atoms with Gasteiger partial charge in [-0.15, -0.1) is 0 Å². The van der Waals surface area contributed by atoms with Gasteiger partial charge >= 0.3 is 0 Å². The van der Waals surface area contributed by atoms with Crippen molar-refractivity contribution < 1.29 is 4.42 Å². The molecule has 2 atom stereocenters. The maximum Gasteiger partial charge on any atom is 0.135 e. The van der Waals surface area contributed by atoms with Gasteiger partial charge in [0.2, 0.25) is 0 Å². The van der Waals surface area contributed by atoms with E-state index >= 15 is 0 Å². The van der Waals surface area contributed by atoms with E-state index in [2.05, 4.69) is 206 Å². The maximum atomic E-state index is 6.13. The summed E-state index contributed by atoms with van der Waals surface area (Å²) in [6.45, 7) is 2.40. The molecule has 0 fully saturated rings. The third-order valence-electron chi connectivity index (χ3n) is 12.4. The quantitative estimate of drug-likeness (QED) is 0.162. The lowest BCUT2D eigenvalue weighted by Gasteiger charge is -2.32. The van der Waals surface area contributed by atoms with Crippen LogP contribution in [0.5, 0.6) is 0 Å². The second kappa shape index (κ2) is 14.1. The fraction of sp³-hybridized carbons (Fsp3) is 0.0714. The standard InChI is InChI=1S/C56H41NO/c1-37(53-36-43-12-3-5-15-49(43)50-16-6-7-17-51(50)53)38-21-28-44(29-22-38)57(46-32-25-41(26-33-46)48-19-10-13-40-11-2-4-14-47(40)48)45-30-23-39(24-31-45)42-27-34-56-54(35-42)52-18-8-9-20-55(52)58-56/h2-35,37,53H,36H2,1H3. The highest BCUT2D eigenvalue weighted by Gasteiger charge is 2.29. The molecule has 0 bridgehead atoms. The van der Waals surface area contributed by atoms with Crippen molar-refractivity contribution in [3.8, 4) is 33.4 Å². The predicted octanol–water partition coefficient (Wildman–Crippen LogP) is 15.7. The van der Waals surface area contributed by atoms with Crippen molar-refractivity contribution in [1.29, 1.82) is 0 Å². The van der Waals surface area contributed by atoms with Crippen molar-refractivity contribution in [2.75, 3.05) is 4.90 Å². The van der Waals surface area contributed by atoms with Crippen LogP contribution >= 0.6 is 0 Å². The number of para-hydroxylation sites is 1. The predicted molar refractivity (Wildman–Crippen MR) is 244 cm³/mol. The largest absolute Gasteiger partial charge is 0.456 e. The van der Waals surface area contributed by atoms with Crippen LogP contribution in [0.15, 0.2) is 211 Å². The molecular formula is C56H41NO. The van der Waals surface area contributed by atoms with E-state index in [1.54, 1.807) is 0 Å². The minimum absolute atomic E-state index is 0.348. The van der Waals surface area contributed by atoms with Crippen molar-refractivity contribution in [3.05, 3.63) is 223 Å². The molecule has 9 aromatic carbocycles. The number of rotatable bonds is 7. The van der Waals surface area contributed by atoms with Crippen LogP contribution in [0.1, 0.15) is 35.4 Å². The van der Waals surface area contributed by atoms with Crippen molar-refractivity contribution >= 4 is 49.8 Å². The average Bonchev–Trinajstić information content (AvgIpc) is 3.67. The molecule has 0 radical (unpaired) electrons. The summed E-state index contributed by atoms with van der Waals surface area (Å²) < 4.78 is 6.13. The van der Waals surface area contributed by atoms with E-state index in [0.29, 0.717) is 11.8 Å². The molecule has 276 valence electrons. The normalized spacial score (nSPS) is 14.0. The van der Waals surface area contributed by atoms with Crippen LogP contribution < -0.4 is 4.90 Å². The Kier molecular flexibility index (Phi) is 8.29. The van der Waals surface area contributed by atoms with Gasteiger partial charge in [0.25, 0.3) is 0 Å². The maximum absolute atomic E-state index is 6.13. The van der Waals surface area contributed by atoms with Gasteiger partial charge < -0.3 is 9.32 Å². The topological polar surface area (TPSA) is 16.4 Å². The molecule has 0 amide bonds. The highest BCUT2D eigenvalue weighted by atomic mass is 16.3. The van der Waals surface area contributed by atoms with Gasteiger partial charge in [-0.2, -0.15) is 0 Å². The third-order valence-corrected chi connectivity index (χ3v) is 12.4. The van der Waals surface area contributed by atoms with Crippen LogP contribution in [0.25, 0.3) is 66.1 Å². The van der Waals surface area contributed by atoms with E-state index in [4.69, 9.17) is 4.42 Å². The fourth-order valence-electron chi connectivity index (χ4n) is 9.40. The third kappa shape index (κ3) is 5.88. The Morgan fingerprint density at radius 2 is 1.02 bits per heavy atom. The summed E-state index contributed by atoms with van der Waals surface area (Å²) in [4.78, 5) is 2.38. The highest BCUT2D eigenvalue weighted by Crippen LogP contribution is 2.46. The fourth-order valence-corrected chi connectivity index (χ4v) is 9.40. The van der Waals surface area contributed by atoms with Gasteiger partial charge in [0.1, 0.15) is 11.2 Å². The molecule has 0 saturated heterocycles. The van der Waals surface area contributed by atoms with Crippen molar-refractivity contribution in [3.63, 3.8) is 0 Å². The summed E-state index contributed by atoms with van der Waals surface area (Å²) in [5, 5.41) is 4.80. The molecule has 0 aliphatic heterocycles. The summed E-state index contributed by atoms with van der Waals surface area (Å²) >= 11 is 0. The summed E-state index contributed by atoms with van der Waals surface area (Å²) in [7, 11) is 0. The lowest BCUT2D eigenvalue weighted by Crippen LogP contribution is -2.17. The van der Waals surface area contributed by atoms with Crippen LogP contribution in [-0.2, 0) is 6.42 Å². The molecule has 2 nitrogen and oxygen atoms in total. The Balaban J connectivity index is 0.956. The molecule has 0 spiro atoms. The van der Waals surface area contributed by atoms with Gasteiger partial charge in [-0.25, -0.2) is 0 Å². The van der Waals surface area contributed by atoms with Crippen molar-refractivity contribution in [2.24, 2.45) is 0 Å². The number of benzene rings is 9. The molecule has 11 rings (SSSR count). The van der Waals surface area contributed by atoms with Gasteiger partial charge in [-0.1, -0.05) is 159 Å². The van der Waals surface area contributed by atoms with Crippen molar-refractivity contribution in [2.45, 2.75) is 25.2 Å². The average molecular weight is 744 g/mol. The van der Waals surface area contributed by atoms with E-state index < -0.39 is 0 Å². The second-order valence-electron chi connectivity index (χ2n) is 15.7. The van der Waals surface area contributed by atoms with Gasteiger partial charge in [0, 0.05) is 27.8 Å². The highest BCUT2D eigenvalue weighted by molar-refractivity contribution is 6.06. The lowest BCUT2D eigenvalue weighted by molar-refractivity contribution is 0.568. The Labute approximate surface area is 339 Å². The van der Waals surface area contributed by atoms with Crippen LogP contribution in [0.2, 0.25) is 0 Å². The number of anilines is 3. The van der Waals surface area contributed by atoms with E-state index in [0.717, 1.165) is 45.4 Å². The summed E-state index contributed by atoms with van der Waals surface area (Å²) in [5.74, 6) is 0.752. The monoisotopic (exact) mass is 743 g/mol. The Hall–Kier alpha value is -7.16. The van der Waals surface area contributed by atoms with E-state index in [1.165, 1.54) is 60.8 Å². The first-order chi connectivity index (χ1) is 28.7. The zero-order chi connectivity index (χ0) is 38.6. The zero-order valence-electron chi connectivity index (χ0n) is 32.3. The van der Waals surface area contributed by atoms with Crippen LogP contribution in [0.3, 0.4) is 0 Å². The number of furan rings is 1. The van der Waals surface area contributed by atoms with Gasteiger partial charge in [0.05, 0.1) is 0 Å². The van der Waals surface area contributed by atoms with E-state index in [9.17, 15) is 0 Å². The summed E-state index contributed by atoms with van der Waals surface area (Å²) in [6, 6.07) is 75.2. The second-order valence-corrected chi connectivity index (χ2v) is 15.7. The Bertz CT molecular complexity index is 3090. The first kappa shape index (κ1) is 34.1. The molecule has 1 aromatic heterocycles. The summed E-state index contributed by atoms with van der Waals surface area (Å²) in [5.41, 5.74) is 17.0. The number of hydrogen-bond donors (Lipinski definition) is 0. The van der Waals surface area contributed by atoms with E-state index in [-0.39, 0.29) is 0 Å². The molecular weight excluding hydrogens is 703 g/mol. The molecule has 1 aliphatic carbocycles. The zero-order valence-corrected chi connectivity index (χ0v) is 32.3. The number of nitrogens with zero attached hydrogens (tertiary/aromatic N) is 1. The van der Waals surface area contributed by atoms with E-state index in [1.807, 2.05) is 12.1 Å². The van der Waals surface area contributed by atoms with Gasteiger partial charge in [-0.05, 0) is 134 Å². The first-order valence-corrected chi connectivity index (χ1v) is 20.3. The molecule has 1 heterocycles. The Morgan fingerprint density at radius 3 is 1.81 bits per heavy atom. The number of fused-ring (bicyclic) bond motifs is 7. The van der Waals surface area contributed by atoms with Crippen molar-refractivity contribution in [1.82, 2.24) is 0 Å². The van der Waals surface area contributed by atoms with Gasteiger partial charge in [-0.3, -0.25) is 0 Å². The summed E-state index contributed by atoms with van der Waals surface area (Å²) in [6.07, 6.45) is 1.04. The minimum Gasteiger partial charge on any atom is -0.456 e. The van der Waals surface area contributed by atoms with Crippen LogP contribution in [0.4, 0.5) is 17.1 Å². The SMILES string of the molecule is CC(c1ccc(N(c2ccc(-c3ccc4oc5ccccc5c4c3)cc2)c2ccc(-c3cccc4ccccc34)cc2)cc1)C1Cc2ccccc2-c2ccccc21. The molecule has 1 aliphatic rings. The lowest BCUT2D eigenvalue weighted by atomic mass is 9.72. The van der Waals surface area contributed by atoms with Gasteiger partial charge in [0.15, 0.2) is 0 Å².